The van der Waals surface area contributed by atoms with Gasteiger partial charge in [-0.3, -0.25) is 10.1 Å². The number of fused-ring (bicyclic) bond motifs is 1. The molecule has 136 valence electrons. The summed E-state index contributed by atoms with van der Waals surface area (Å²) in [7, 11) is 0. The first-order valence-corrected chi connectivity index (χ1v) is 8.81. The number of ether oxygens (including phenoxy) is 2. The van der Waals surface area contributed by atoms with Gasteiger partial charge in [0.2, 0.25) is 12.7 Å². The molecule has 6 heteroatoms. The van der Waals surface area contributed by atoms with Gasteiger partial charge in [0.05, 0.1) is 0 Å². The molecule has 5 nitrogen and oxygen atoms in total. The van der Waals surface area contributed by atoms with Crippen LogP contribution >= 0.6 is 0 Å². The Bertz CT molecular complexity index is 805. The van der Waals surface area contributed by atoms with E-state index in [1.165, 1.54) is 12.1 Å². The summed E-state index contributed by atoms with van der Waals surface area (Å²) in [5, 5.41) is 6.39. The molecule has 2 atom stereocenters. The van der Waals surface area contributed by atoms with E-state index < -0.39 is 6.04 Å². The zero-order valence-corrected chi connectivity index (χ0v) is 14.5. The number of hydrogen-bond acceptors (Lipinski definition) is 4. The van der Waals surface area contributed by atoms with Crippen LogP contribution in [0.25, 0.3) is 0 Å². The van der Waals surface area contributed by atoms with Crippen LogP contribution in [0.5, 0.6) is 11.5 Å². The van der Waals surface area contributed by atoms with Crippen LogP contribution in [0.4, 0.5) is 4.39 Å². The molecular formula is C20H21FN2O3. The molecule has 2 aliphatic rings. The van der Waals surface area contributed by atoms with Crippen molar-refractivity contribution >= 4 is 5.91 Å². The first-order chi connectivity index (χ1) is 12.6. The molecule has 0 bridgehead atoms. The molecule has 1 saturated carbocycles. The van der Waals surface area contributed by atoms with Crippen molar-refractivity contribution in [2.45, 2.75) is 37.9 Å². The highest BCUT2D eigenvalue weighted by Crippen LogP contribution is 2.34. The van der Waals surface area contributed by atoms with Crippen molar-refractivity contribution in [2.24, 2.45) is 0 Å². The Morgan fingerprint density at radius 2 is 1.77 bits per heavy atom. The number of carbonyl (C=O) groups excluding carboxylic acids is 1. The minimum Gasteiger partial charge on any atom is -0.454 e. The Morgan fingerprint density at radius 3 is 2.50 bits per heavy atom. The highest BCUT2D eigenvalue weighted by Gasteiger charge is 2.29. The lowest BCUT2D eigenvalue weighted by Crippen LogP contribution is -2.39. The van der Waals surface area contributed by atoms with E-state index in [1.54, 1.807) is 12.1 Å². The molecule has 1 aliphatic carbocycles. The highest BCUT2D eigenvalue weighted by atomic mass is 19.1. The standard InChI is InChI=1S/C20H21FN2O3/c1-12(14-4-9-17-18(10-14)26-11-25-17)22-19(20(24)23-16-7-8-16)13-2-5-15(21)6-3-13/h2-6,9-10,12,16,19,22H,7-8,11H2,1H3,(H,23,24)/t12-,19-/m0/s1. The van der Waals surface area contributed by atoms with Gasteiger partial charge in [-0.15, -0.1) is 0 Å². The molecule has 1 amide bonds. The number of amides is 1. The maximum absolute atomic E-state index is 13.3. The summed E-state index contributed by atoms with van der Waals surface area (Å²) in [5.74, 6) is 1.02. The molecule has 2 aromatic carbocycles. The SMILES string of the molecule is C[C@H](N[C@H](C(=O)NC1CC1)c1ccc(F)cc1)c1ccc2c(c1)OCO2. The molecule has 0 radical (unpaired) electrons. The molecule has 1 aliphatic heterocycles. The van der Waals surface area contributed by atoms with E-state index in [-0.39, 0.29) is 30.6 Å². The van der Waals surface area contributed by atoms with Crippen LogP contribution in [0.2, 0.25) is 0 Å². The van der Waals surface area contributed by atoms with E-state index in [1.807, 2.05) is 25.1 Å². The highest BCUT2D eigenvalue weighted by molar-refractivity contribution is 5.83. The zero-order valence-electron chi connectivity index (χ0n) is 14.5. The van der Waals surface area contributed by atoms with Gasteiger partial charge in [0.1, 0.15) is 11.9 Å². The fourth-order valence-electron chi connectivity index (χ4n) is 3.02. The average Bonchev–Trinajstić information content (AvgIpc) is 3.32. The minimum absolute atomic E-state index is 0.0910. The summed E-state index contributed by atoms with van der Waals surface area (Å²) in [4.78, 5) is 12.7. The summed E-state index contributed by atoms with van der Waals surface area (Å²) >= 11 is 0. The molecule has 2 N–H and O–H groups in total. The van der Waals surface area contributed by atoms with Gasteiger partial charge in [0, 0.05) is 12.1 Å². The second-order valence-corrected chi connectivity index (χ2v) is 6.77. The maximum Gasteiger partial charge on any atom is 0.241 e. The molecule has 0 saturated heterocycles. The molecule has 1 fully saturated rings. The van der Waals surface area contributed by atoms with Gasteiger partial charge in [0.15, 0.2) is 11.5 Å². The van der Waals surface area contributed by atoms with E-state index in [9.17, 15) is 9.18 Å². The van der Waals surface area contributed by atoms with Crippen molar-refractivity contribution < 1.29 is 18.7 Å². The Morgan fingerprint density at radius 1 is 1.08 bits per heavy atom. The lowest BCUT2D eigenvalue weighted by atomic mass is 10.0. The molecule has 0 spiro atoms. The number of nitrogens with one attached hydrogen (secondary N) is 2. The van der Waals surface area contributed by atoms with E-state index in [0.29, 0.717) is 5.75 Å². The summed E-state index contributed by atoms with van der Waals surface area (Å²) in [6.07, 6.45) is 2.03. The number of benzene rings is 2. The molecule has 26 heavy (non-hydrogen) atoms. The topological polar surface area (TPSA) is 59.6 Å². The van der Waals surface area contributed by atoms with E-state index in [2.05, 4.69) is 10.6 Å². The van der Waals surface area contributed by atoms with Crippen LogP contribution in [-0.4, -0.2) is 18.7 Å². The van der Waals surface area contributed by atoms with E-state index in [0.717, 1.165) is 29.7 Å². The lowest BCUT2D eigenvalue weighted by molar-refractivity contribution is -0.123. The Hall–Kier alpha value is -2.60. The third-order valence-corrected chi connectivity index (χ3v) is 4.70. The smallest absolute Gasteiger partial charge is 0.241 e. The first kappa shape index (κ1) is 16.8. The van der Waals surface area contributed by atoms with Crippen molar-refractivity contribution in [1.82, 2.24) is 10.6 Å². The molecule has 1 heterocycles. The van der Waals surface area contributed by atoms with Crippen molar-refractivity contribution in [2.75, 3.05) is 6.79 Å². The Kier molecular flexibility index (Phi) is 4.51. The fourth-order valence-corrected chi connectivity index (χ4v) is 3.02. The third-order valence-electron chi connectivity index (χ3n) is 4.70. The number of hydrogen-bond donors (Lipinski definition) is 2. The van der Waals surface area contributed by atoms with Crippen molar-refractivity contribution in [1.29, 1.82) is 0 Å². The summed E-state index contributed by atoms with van der Waals surface area (Å²) in [6.45, 7) is 2.21. The van der Waals surface area contributed by atoms with Crippen LogP contribution in [0.3, 0.4) is 0 Å². The third kappa shape index (κ3) is 3.65. The van der Waals surface area contributed by atoms with Crippen LogP contribution in [0, 0.1) is 5.82 Å². The van der Waals surface area contributed by atoms with Gasteiger partial charge < -0.3 is 14.8 Å². The monoisotopic (exact) mass is 356 g/mol. The van der Waals surface area contributed by atoms with E-state index in [4.69, 9.17) is 9.47 Å². The van der Waals surface area contributed by atoms with Crippen LogP contribution in [0.1, 0.15) is 43.0 Å². The largest absolute Gasteiger partial charge is 0.454 e. The molecule has 0 unspecified atom stereocenters. The van der Waals surface area contributed by atoms with Gasteiger partial charge in [0.25, 0.3) is 0 Å². The van der Waals surface area contributed by atoms with Crippen molar-refractivity contribution in [3.05, 3.63) is 59.4 Å². The predicted octanol–water partition coefficient (Wildman–Crippen LogP) is 3.22. The quantitative estimate of drug-likeness (QED) is 0.834. The van der Waals surface area contributed by atoms with Gasteiger partial charge in [-0.2, -0.15) is 0 Å². The van der Waals surface area contributed by atoms with Crippen molar-refractivity contribution in [3.8, 4) is 11.5 Å². The van der Waals surface area contributed by atoms with Crippen LogP contribution < -0.4 is 20.1 Å². The number of halogens is 1. The zero-order chi connectivity index (χ0) is 18.1. The van der Waals surface area contributed by atoms with Gasteiger partial charge in [-0.25, -0.2) is 4.39 Å². The van der Waals surface area contributed by atoms with E-state index >= 15 is 0 Å². The minimum atomic E-state index is -0.559. The van der Waals surface area contributed by atoms with Gasteiger partial charge >= 0.3 is 0 Å². The lowest BCUT2D eigenvalue weighted by Gasteiger charge is -2.24. The molecule has 2 aromatic rings. The molecule has 4 rings (SSSR count). The Labute approximate surface area is 151 Å². The van der Waals surface area contributed by atoms with Crippen LogP contribution in [0.15, 0.2) is 42.5 Å². The maximum atomic E-state index is 13.3. The average molecular weight is 356 g/mol. The predicted molar refractivity (Wildman–Crippen MR) is 94.4 cm³/mol. The van der Waals surface area contributed by atoms with Gasteiger partial charge in [-0.1, -0.05) is 18.2 Å². The fraction of sp³-hybridized carbons (Fsp3) is 0.350. The van der Waals surface area contributed by atoms with Crippen molar-refractivity contribution in [3.63, 3.8) is 0 Å². The van der Waals surface area contributed by atoms with Crippen LogP contribution in [-0.2, 0) is 4.79 Å². The summed E-state index contributed by atoms with van der Waals surface area (Å²) < 4.78 is 24.1. The second kappa shape index (κ2) is 6.96. The summed E-state index contributed by atoms with van der Waals surface area (Å²) in [6, 6.07) is 11.4. The second-order valence-electron chi connectivity index (χ2n) is 6.77. The summed E-state index contributed by atoms with van der Waals surface area (Å²) in [5.41, 5.74) is 1.72. The number of carbonyl (C=O) groups is 1. The molecule has 0 aromatic heterocycles. The first-order valence-electron chi connectivity index (χ1n) is 8.81. The Balaban J connectivity index is 1.54. The molecular weight excluding hydrogens is 335 g/mol. The normalized spacial score (nSPS) is 17.6. The number of rotatable bonds is 6. The van der Waals surface area contributed by atoms with Gasteiger partial charge in [-0.05, 0) is 55.2 Å².